The number of sulfonamides is 1. The number of rotatable bonds is 5. The Balaban J connectivity index is 1.65. The Morgan fingerprint density at radius 3 is 2.13 bits per heavy atom. The maximum atomic E-state index is 13.6. The number of carbonyl (C=O) groups is 1. The third-order valence-electron chi connectivity index (χ3n) is 6.44. The molecule has 1 aliphatic carbocycles. The van der Waals surface area contributed by atoms with E-state index in [1.54, 1.807) is 23.0 Å². The minimum Gasteiger partial charge on any atom is -0.340 e. The Morgan fingerprint density at radius 2 is 1.63 bits per heavy atom. The molecule has 2 saturated heterocycles. The predicted octanol–water partition coefficient (Wildman–Crippen LogP) is 2.44. The normalized spacial score (nSPS) is 22.9. The summed E-state index contributed by atoms with van der Waals surface area (Å²) in [5.41, 5.74) is 1.42. The van der Waals surface area contributed by atoms with Gasteiger partial charge in [-0.25, -0.2) is 18.2 Å². The molecule has 3 heterocycles. The number of hydrogen-bond donors (Lipinski definition) is 1. The Bertz CT molecular complexity index is 994. The lowest BCUT2D eigenvalue weighted by Gasteiger charge is -2.30. The van der Waals surface area contributed by atoms with Crippen LogP contribution in [0.1, 0.15) is 45.6 Å². The zero-order valence-electron chi connectivity index (χ0n) is 17.4. The highest BCUT2D eigenvalue weighted by molar-refractivity contribution is 7.89. The van der Waals surface area contributed by atoms with Crippen molar-refractivity contribution in [3.8, 4) is 11.3 Å². The summed E-state index contributed by atoms with van der Waals surface area (Å²) in [6.07, 6.45) is 6.47. The van der Waals surface area contributed by atoms with Gasteiger partial charge in [-0.1, -0.05) is 31.2 Å². The lowest BCUT2D eigenvalue weighted by Crippen LogP contribution is -2.42. The standard InChI is InChI=1S/C21H29N5O3S/c1-14(2)20(21(27)25-12-15-3-4-16(13-25)6-5-15)26-19(11-23-24-26)17-7-9-18(10-8-17)30(22,28)29/h7-11,14-16,20H,3-6,12-13H2,1-2H3,(H2,22,28,29)/t15?,16?,20-/m1/s1. The van der Waals surface area contributed by atoms with Gasteiger partial charge < -0.3 is 4.90 Å². The monoisotopic (exact) mass is 431 g/mol. The summed E-state index contributed by atoms with van der Waals surface area (Å²) in [7, 11) is -3.76. The first-order valence-corrected chi connectivity index (χ1v) is 12.1. The van der Waals surface area contributed by atoms with Crippen molar-refractivity contribution < 1.29 is 13.2 Å². The van der Waals surface area contributed by atoms with Crippen LogP contribution in [-0.4, -0.2) is 47.3 Å². The summed E-state index contributed by atoms with van der Waals surface area (Å²) in [4.78, 5) is 15.7. The van der Waals surface area contributed by atoms with Crippen molar-refractivity contribution >= 4 is 15.9 Å². The van der Waals surface area contributed by atoms with E-state index in [2.05, 4.69) is 10.3 Å². The first kappa shape index (κ1) is 21.0. The number of aromatic nitrogens is 3. The molecule has 0 radical (unpaired) electrons. The second-order valence-electron chi connectivity index (χ2n) is 8.95. The van der Waals surface area contributed by atoms with Crippen LogP contribution in [0.4, 0.5) is 0 Å². The number of primary sulfonamides is 1. The van der Waals surface area contributed by atoms with Crippen LogP contribution in [-0.2, 0) is 14.8 Å². The average molecular weight is 432 g/mol. The second kappa shape index (κ2) is 8.11. The van der Waals surface area contributed by atoms with E-state index in [4.69, 9.17) is 5.14 Å². The lowest BCUT2D eigenvalue weighted by atomic mass is 9.84. The quantitative estimate of drug-likeness (QED) is 0.782. The third kappa shape index (κ3) is 4.13. The minimum absolute atomic E-state index is 0.0301. The van der Waals surface area contributed by atoms with Crippen LogP contribution >= 0.6 is 0 Å². The van der Waals surface area contributed by atoms with Crippen LogP contribution in [0.25, 0.3) is 11.3 Å². The number of amides is 1. The topological polar surface area (TPSA) is 111 Å². The van der Waals surface area contributed by atoms with E-state index in [1.165, 1.54) is 37.8 Å². The fraction of sp³-hybridized carbons (Fsp3) is 0.571. The van der Waals surface area contributed by atoms with Gasteiger partial charge in [-0.05, 0) is 55.6 Å². The number of benzene rings is 1. The number of carbonyl (C=O) groups excluding carboxylic acids is 1. The van der Waals surface area contributed by atoms with E-state index in [0.29, 0.717) is 17.5 Å². The summed E-state index contributed by atoms with van der Waals surface area (Å²) < 4.78 is 24.8. The molecule has 8 nitrogen and oxygen atoms in total. The minimum atomic E-state index is -3.76. The largest absolute Gasteiger partial charge is 0.340 e. The average Bonchev–Trinajstić information content (AvgIpc) is 2.96. The molecular formula is C21H29N5O3S. The van der Waals surface area contributed by atoms with Crippen molar-refractivity contribution in [3.63, 3.8) is 0 Å². The van der Waals surface area contributed by atoms with Crippen LogP contribution in [0, 0.1) is 17.8 Å². The molecule has 0 spiro atoms. The van der Waals surface area contributed by atoms with E-state index in [0.717, 1.165) is 18.7 Å². The fourth-order valence-corrected chi connectivity index (χ4v) is 5.32. The maximum absolute atomic E-state index is 13.6. The van der Waals surface area contributed by atoms with Crippen molar-refractivity contribution in [2.45, 2.75) is 50.5 Å². The fourth-order valence-electron chi connectivity index (χ4n) is 4.80. The molecule has 2 N–H and O–H groups in total. The number of nitrogens with zero attached hydrogens (tertiary/aromatic N) is 4. The van der Waals surface area contributed by atoms with Crippen molar-refractivity contribution in [2.75, 3.05) is 13.1 Å². The molecule has 2 aliphatic heterocycles. The molecule has 2 bridgehead atoms. The molecule has 1 saturated carbocycles. The summed E-state index contributed by atoms with van der Waals surface area (Å²) in [6.45, 7) is 5.69. The van der Waals surface area contributed by atoms with E-state index in [9.17, 15) is 13.2 Å². The molecule has 0 unspecified atom stereocenters. The van der Waals surface area contributed by atoms with E-state index in [1.807, 2.05) is 18.7 Å². The summed E-state index contributed by atoms with van der Waals surface area (Å²) in [5, 5.41) is 13.5. The van der Waals surface area contributed by atoms with Crippen LogP contribution in [0.2, 0.25) is 0 Å². The lowest BCUT2D eigenvalue weighted by molar-refractivity contribution is -0.137. The number of fused-ring (bicyclic) bond motifs is 4. The zero-order chi connectivity index (χ0) is 21.5. The molecule has 1 atom stereocenters. The van der Waals surface area contributed by atoms with E-state index < -0.39 is 16.1 Å². The molecule has 1 aromatic carbocycles. The Morgan fingerprint density at radius 1 is 1.07 bits per heavy atom. The summed E-state index contributed by atoms with van der Waals surface area (Å²) in [6, 6.07) is 5.80. The zero-order valence-corrected chi connectivity index (χ0v) is 18.3. The van der Waals surface area contributed by atoms with Gasteiger partial charge in [-0.3, -0.25) is 4.79 Å². The predicted molar refractivity (Wildman–Crippen MR) is 113 cm³/mol. The van der Waals surface area contributed by atoms with Crippen LogP contribution in [0.3, 0.4) is 0 Å². The molecule has 2 aromatic rings. The van der Waals surface area contributed by atoms with E-state index in [-0.39, 0.29) is 16.7 Å². The van der Waals surface area contributed by atoms with Gasteiger partial charge in [0.2, 0.25) is 15.9 Å². The smallest absolute Gasteiger partial charge is 0.247 e. The molecule has 162 valence electrons. The van der Waals surface area contributed by atoms with Gasteiger partial charge in [-0.2, -0.15) is 0 Å². The number of hydrogen-bond acceptors (Lipinski definition) is 5. The molecule has 3 aliphatic rings. The summed E-state index contributed by atoms with van der Waals surface area (Å²) in [5.74, 6) is 1.32. The Labute approximate surface area is 177 Å². The molecule has 3 fully saturated rings. The highest BCUT2D eigenvalue weighted by Crippen LogP contribution is 2.36. The molecule has 1 aromatic heterocycles. The van der Waals surface area contributed by atoms with Gasteiger partial charge in [0.25, 0.3) is 0 Å². The molecular weight excluding hydrogens is 402 g/mol. The Kier molecular flexibility index (Phi) is 5.67. The molecule has 5 rings (SSSR count). The van der Waals surface area contributed by atoms with Crippen LogP contribution in [0.5, 0.6) is 0 Å². The van der Waals surface area contributed by atoms with Crippen molar-refractivity contribution in [3.05, 3.63) is 30.5 Å². The highest BCUT2D eigenvalue weighted by Gasteiger charge is 2.37. The van der Waals surface area contributed by atoms with Gasteiger partial charge in [-0.15, -0.1) is 5.10 Å². The highest BCUT2D eigenvalue weighted by atomic mass is 32.2. The van der Waals surface area contributed by atoms with Crippen molar-refractivity contribution in [2.24, 2.45) is 22.9 Å². The van der Waals surface area contributed by atoms with Crippen molar-refractivity contribution in [1.29, 1.82) is 0 Å². The van der Waals surface area contributed by atoms with Gasteiger partial charge in [0, 0.05) is 18.7 Å². The van der Waals surface area contributed by atoms with Crippen LogP contribution in [0.15, 0.2) is 35.4 Å². The molecule has 9 heteroatoms. The van der Waals surface area contributed by atoms with Crippen molar-refractivity contribution in [1.82, 2.24) is 19.9 Å². The van der Waals surface area contributed by atoms with E-state index >= 15 is 0 Å². The maximum Gasteiger partial charge on any atom is 0.247 e. The molecule has 30 heavy (non-hydrogen) atoms. The van der Waals surface area contributed by atoms with Gasteiger partial charge in [0.15, 0.2) is 0 Å². The Hall–Kier alpha value is -2.26. The second-order valence-corrected chi connectivity index (χ2v) is 10.5. The molecule has 1 amide bonds. The summed E-state index contributed by atoms with van der Waals surface area (Å²) >= 11 is 0. The number of nitrogens with two attached hydrogens (primary N) is 1. The SMILES string of the molecule is CC(C)[C@H](C(=O)N1CC2CCC(CC2)C1)n1nncc1-c1ccc(S(N)(=O)=O)cc1. The van der Waals surface area contributed by atoms with Crippen LogP contribution < -0.4 is 5.14 Å². The van der Waals surface area contributed by atoms with Gasteiger partial charge >= 0.3 is 0 Å². The van der Waals surface area contributed by atoms with Gasteiger partial charge in [0.1, 0.15) is 6.04 Å². The first-order chi connectivity index (χ1) is 14.2. The first-order valence-electron chi connectivity index (χ1n) is 10.6. The van der Waals surface area contributed by atoms with Gasteiger partial charge in [0.05, 0.1) is 16.8 Å². The third-order valence-corrected chi connectivity index (χ3v) is 7.37.